The maximum Gasteiger partial charge on any atom is 0.0637 e. The molecule has 17 heavy (non-hydrogen) atoms. The molecule has 3 rings (SSSR count). The molecule has 0 radical (unpaired) electrons. The number of nitrogens with zero attached hydrogens (tertiary/aromatic N) is 1. The van der Waals surface area contributed by atoms with Crippen LogP contribution in [0, 0.1) is 0 Å². The average molecular weight is 266 g/mol. The Morgan fingerprint density at radius 2 is 2.12 bits per heavy atom. The summed E-state index contributed by atoms with van der Waals surface area (Å²) in [5, 5.41) is 2.17. The highest BCUT2D eigenvalue weighted by atomic mass is 35.5. The zero-order chi connectivity index (χ0) is 11.8. The molecule has 1 fully saturated rings. The number of fused-ring (bicyclic) bond motifs is 1. The van der Waals surface area contributed by atoms with Crippen LogP contribution in [0.3, 0.4) is 0 Å². The summed E-state index contributed by atoms with van der Waals surface area (Å²) in [5.41, 5.74) is 0. The standard InChI is InChI=1S/C14H16ClNS/c1-2-16(10-7-8-10)9-13-14(15)11-5-3-4-6-12(11)17-13/h3-6,10H,2,7-9H2,1H3. The van der Waals surface area contributed by atoms with Gasteiger partial charge in [-0.05, 0) is 25.5 Å². The van der Waals surface area contributed by atoms with E-state index < -0.39 is 0 Å². The monoisotopic (exact) mass is 265 g/mol. The van der Waals surface area contributed by atoms with Crippen LogP contribution < -0.4 is 0 Å². The summed E-state index contributed by atoms with van der Waals surface area (Å²) in [7, 11) is 0. The lowest BCUT2D eigenvalue weighted by Gasteiger charge is -2.18. The molecular formula is C14H16ClNS. The summed E-state index contributed by atoms with van der Waals surface area (Å²) in [5.74, 6) is 0. The predicted molar refractivity (Wildman–Crippen MR) is 75.9 cm³/mol. The minimum absolute atomic E-state index is 0.807. The van der Waals surface area contributed by atoms with Crippen molar-refractivity contribution in [1.29, 1.82) is 0 Å². The molecule has 0 atom stereocenters. The van der Waals surface area contributed by atoms with Gasteiger partial charge in [-0.15, -0.1) is 11.3 Å². The number of hydrogen-bond acceptors (Lipinski definition) is 2. The first kappa shape index (κ1) is 11.5. The van der Waals surface area contributed by atoms with Crippen molar-refractivity contribution in [1.82, 2.24) is 4.90 Å². The maximum atomic E-state index is 6.47. The van der Waals surface area contributed by atoms with E-state index in [1.165, 1.54) is 27.8 Å². The molecule has 0 spiro atoms. The Hall–Kier alpha value is -0.570. The van der Waals surface area contributed by atoms with E-state index in [-0.39, 0.29) is 0 Å². The second-order valence-electron chi connectivity index (χ2n) is 4.63. The van der Waals surface area contributed by atoms with Crippen LogP contribution >= 0.6 is 22.9 Å². The molecule has 2 aromatic rings. The molecule has 1 aromatic heterocycles. The van der Waals surface area contributed by atoms with Gasteiger partial charge in [0.15, 0.2) is 0 Å². The first-order chi connectivity index (χ1) is 8.29. The van der Waals surface area contributed by atoms with E-state index in [1.54, 1.807) is 0 Å². The normalized spacial score (nSPS) is 15.9. The number of thiophene rings is 1. The molecule has 1 aromatic carbocycles. The van der Waals surface area contributed by atoms with Gasteiger partial charge >= 0.3 is 0 Å². The second-order valence-corrected chi connectivity index (χ2v) is 6.14. The van der Waals surface area contributed by atoms with Crippen molar-refractivity contribution in [3.05, 3.63) is 34.2 Å². The van der Waals surface area contributed by atoms with Gasteiger partial charge in [-0.1, -0.05) is 36.7 Å². The van der Waals surface area contributed by atoms with Crippen molar-refractivity contribution in [2.75, 3.05) is 6.54 Å². The average Bonchev–Trinajstić information content (AvgIpc) is 3.14. The van der Waals surface area contributed by atoms with Gasteiger partial charge in [-0.2, -0.15) is 0 Å². The van der Waals surface area contributed by atoms with Gasteiger partial charge in [0.05, 0.1) is 5.02 Å². The minimum atomic E-state index is 0.807. The van der Waals surface area contributed by atoms with Crippen LogP contribution in [0.2, 0.25) is 5.02 Å². The predicted octanol–water partition coefficient (Wildman–Crippen LogP) is 4.54. The Morgan fingerprint density at radius 3 is 2.76 bits per heavy atom. The Balaban J connectivity index is 1.91. The van der Waals surface area contributed by atoms with Gasteiger partial charge in [-0.25, -0.2) is 0 Å². The largest absolute Gasteiger partial charge is 0.296 e. The summed E-state index contributed by atoms with van der Waals surface area (Å²) >= 11 is 8.31. The fraction of sp³-hybridized carbons (Fsp3) is 0.429. The molecule has 90 valence electrons. The van der Waals surface area contributed by atoms with Gasteiger partial charge in [0.1, 0.15) is 0 Å². The zero-order valence-electron chi connectivity index (χ0n) is 9.95. The number of rotatable bonds is 4. The van der Waals surface area contributed by atoms with E-state index in [0.29, 0.717) is 0 Å². The van der Waals surface area contributed by atoms with E-state index in [0.717, 1.165) is 24.2 Å². The van der Waals surface area contributed by atoms with Crippen molar-refractivity contribution in [2.24, 2.45) is 0 Å². The van der Waals surface area contributed by atoms with Gasteiger partial charge in [0, 0.05) is 27.5 Å². The van der Waals surface area contributed by atoms with Crippen LogP contribution in [0.5, 0.6) is 0 Å². The van der Waals surface area contributed by atoms with Crippen LogP contribution in [0.15, 0.2) is 24.3 Å². The number of hydrogen-bond donors (Lipinski definition) is 0. The Labute approximate surface area is 111 Å². The van der Waals surface area contributed by atoms with E-state index >= 15 is 0 Å². The van der Waals surface area contributed by atoms with Crippen molar-refractivity contribution in [3.63, 3.8) is 0 Å². The molecule has 0 amide bonds. The smallest absolute Gasteiger partial charge is 0.0637 e. The molecule has 0 saturated heterocycles. The van der Waals surface area contributed by atoms with E-state index in [9.17, 15) is 0 Å². The fourth-order valence-corrected chi connectivity index (χ4v) is 3.81. The summed E-state index contributed by atoms with van der Waals surface area (Å²) in [6.45, 7) is 4.37. The fourth-order valence-electron chi connectivity index (χ4n) is 2.29. The third kappa shape index (κ3) is 2.22. The van der Waals surface area contributed by atoms with Crippen LogP contribution in [0.1, 0.15) is 24.6 Å². The van der Waals surface area contributed by atoms with Gasteiger partial charge in [0.2, 0.25) is 0 Å². The highest BCUT2D eigenvalue weighted by Crippen LogP contribution is 2.37. The lowest BCUT2D eigenvalue weighted by Crippen LogP contribution is -2.24. The molecule has 1 nitrogen and oxygen atoms in total. The van der Waals surface area contributed by atoms with Crippen LogP contribution in [-0.4, -0.2) is 17.5 Å². The molecular weight excluding hydrogens is 250 g/mol. The second kappa shape index (κ2) is 4.60. The maximum absolute atomic E-state index is 6.47. The summed E-state index contributed by atoms with van der Waals surface area (Å²) in [6, 6.07) is 9.22. The van der Waals surface area contributed by atoms with Gasteiger partial charge in [-0.3, -0.25) is 4.90 Å². The van der Waals surface area contributed by atoms with E-state index in [4.69, 9.17) is 11.6 Å². The molecule has 3 heteroatoms. The molecule has 0 bridgehead atoms. The number of benzene rings is 1. The molecule has 0 unspecified atom stereocenters. The SMILES string of the molecule is CCN(Cc1sc2ccccc2c1Cl)C1CC1. The first-order valence-corrected chi connectivity index (χ1v) is 7.39. The summed E-state index contributed by atoms with van der Waals surface area (Å²) < 4.78 is 1.30. The van der Waals surface area contributed by atoms with E-state index in [2.05, 4.69) is 36.1 Å². The molecule has 1 saturated carbocycles. The zero-order valence-corrected chi connectivity index (χ0v) is 11.5. The lowest BCUT2D eigenvalue weighted by molar-refractivity contribution is 0.272. The Kier molecular flexibility index (Phi) is 3.12. The Bertz CT molecular complexity index is 530. The lowest BCUT2D eigenvalue weighted by atomic mass is 10.2. The molecule has 0 N–H and O–H groups in total. The van der Waals surface area contributed by atoms with Crippen molar-refractivity contribution < 1.29 is 0 Å². The minimum Gasteiger partial charge on any atom is -0.296 e. The topological polar surface area (TPSA) is 3.24 Å². The molecule has 1 heterocycles. The van der Waals surface area contributed by atoms with Crippen LogP contribution in [0.25, 0.3) is 10.1 Å². The summed E-state index contributed by atoms with van der Waals surface area (Å²) in [6.07, 6.45) is 2.71. The highest BCUT2D eigenvalue weighted by molar-refractivity contribution is 7.19. The van der Waals surface area contributed by atoms with Crippen molar-refractivity contribution in [2.45, 2.75) is 32.4 Å². The first-order valence-electron chi connectivity index (χ1n) is 6.19. The van der Waals surface area contributed by atoms with Crippen molar-refractivity contribution in [3.8, 4) is 0 Å². The van der Waals surface area contributed by atoms with Crippen LogP contribution in [0.4, 0.5) is 0 Å². The molecule has 0 aliphatic heterocycles. The van der Waals surface area contributed by atoms with Crippen LogP contribution in [-0.2, 0) is 6.54 Å². The third-order valence-corrected chi connectivity index (χ3v) is 5.12. The summed E-state index contributed by atoms with van der Waals surface area (Å²) in [4.78, 5) is 3.86. The third-order valence-electron chi connectivity index (χ3n) is 3.42. The molecule has 1 aliphatic carbocycles. The highest BCUT2D eigenvalue weighted by Gasteiger charge is 2.28. The van der Waals surface area contributed by atoms with Gasteiger partial charge < -0.3 is 0 Å². The van der Waals surface area contributed by atoms with E-state index in [1.807, 2.05) is 11.3 Å². The van der Waals surface area contributed by atoms with Crippen molar-refractivity contribution >= 4 is 33.0 Å². The number of halogens is 1. The quantitative estimate of drug-likeness (QED) is 0.785. The Morgan fingerprint density at radius 1 is 1.35 bits per heavy atom. The van der Waals surface area contributed by atoms with Gasteiger partial charge in [0.25, 0.3) is 0 Å². The molecule has 1 aliphatic rings.